The van der Waals surface area contributed by atoms with Crippen LogP contribution in [0.1, 0.15) is 49.2 Å². The standard InChI is InChI=1S/C16H22O6/c1-16(2,3)22-15(20)11-8-6-5-7-10(11)14(19)12(17)9-13(18)21-4/h5-8,12,14,17,19H,9H2,1-4H3. The molecule has 0 aliphatic carbocycles. The molecule has 0 radical (unpaired) electrons. The molecule has 0 spiro atoms. The summed E-state index contributed by atoms with van der Waals surface area (Å²) in [6.07, 6.45) is -3.15. The summed E-state index contributed by atoms with van der Waals surface area (Å²) in [5.41, 5.74) is -0.332. The van der Waals surface area contributed by atoms with Crippen molar-refractivity contribution in [3.05, 3.63) is 35.4 Å². The van der Waals surface area contributed by atoms with Crippen LogP contribution in [0.3, 0.4) is 0 Å². The maximum absolute atomic E-state index is 12.2. The second kappa shape index (κ2) is 7.38. The van der Waals surface area contributed by atoms with Gasteiger partial charge in [0.25, 0.3) is 0 Å². The molecule has 2 N–H and O–H groups in total. The Morgan fingerprint density at radius 3 is 2.32 bits per heavy atom. The number of aliphatic hydroxyl groups is 2. The van der Waals surface area contributed by atoms with Crippen molar-refractivity contribution in [2.45, 2.75) is 45.0 Å². The lowest BCUT2D eigenvalue weighted by atomic mass is 9.97. The number of aliphatic hydroxyl groups excluding tert-OH is 2. The van der Waals surface area contributed by atoms with Crippen LogP contribution in [0.2, 0.25) is 0 Å². The summed E-state index contributed by atoms with van der Waals surface area (Å²) in [4.78, 5) is 23.4. The average molecular weight is 310 g/mol. The lowest BCUT2D eigenvalue weighted by Gasteiger charge is -2.23. The van der Waals surface area contributed by atoms with Gasteiger partial charge in [0.15, 0.2) is 0 Å². The molecular formula is C16H22O6. The molecule has 1 aromatic rings. The van der Waals surface area contributed by atoms with Gasteiger partial charge in [0.05, 0.1) is 25.2 Å². The van der Waals surface area contributed by atoms with Crippen molar-refractivity contribution >= 4 is 11.9 Å². The van der Waals surface area contributed by atoms with Crippen LogP contribution in [-0.2, 0) is 14.3 Å². The van der Waals surface area contributed by atoms with Crippen molar-refractivity contribution < 1.29 is 29.3 Å². The third-order valence-corrected chi connectivity index (χ3v) is 2.87. The van der Waals surface area contributed by atoms with E-state index in [4.69, 9.17) is 4.74 Å². The van der Waals surface area contributed by atoms with Gasteiger partial charge in [0.1, 0.15) is 11.7 Å². The minimum atomic E-state index is -1.40. The molecule has 1 rings (SSSR count). The molecule has 0 bridgehead atoms. The Balaban J connectivity index is 3.00. The monoisotopic (exact) mass is 310 g/mol. The summed E-state index contributed by atoms with van der Waals surface area (Å²) in [5.74, 6) is -1.26. The van der Waals surface area contributed by atoms with E-state index in [1.807, 2.05) is 0 Å². The Morgan fingerprint density at radius 1 is 1.18 bits per heavy atom. The number of esters is 2. The van der Waals surface area contributed by atoms with Gasteiger partial charge in [-0.1, -0.05) is 18.2 Å². The second-order valence-electron chi connectivity index (χ2n) is 5.88. The highest BCUT2D eigenvalue weighted by molar-refractivity contribution is 5.91. The lowest BCUT2D eigenvalue weighted by Crippen LogP contribution is -2.27. The highest BCUT2D eigenvalue weighted by Gasteiger charge is 2.27. The summed E-state index contributed by atoms with van der Waals surface area (Å²) in [6.45, 7) is 5.20. The van der Waals surface area contributed by atoms with Gasteiger partial charge in [-0.25, -0.2) is 4.79 Å². The van der Waals surface area contributed by atoms with Crippen LogP contribution in [0.25, 0.3) is 0 Å². The Hall–Kier alpha value is -1.92. The zero-order valence-corrected chi connectivity index (χ0v) is 13.2. The van der Waals surface area contributed by atoms with E-state index < -0.39 is 29.7 Å². The first-order valence-corrected chi connectivity index (χ1v) is 6.91. The molecule has 6 nitrogen and oxygen atoms in total. The van der Waals surface area contributed by atoms with Crippen LogP contribution in [-0.4, -0.2) is 41.0 Å². The minimum absolute atomic E-state index is 0.147. The predicted molar refractivity (Wildman–Crippen MR) is 79.2 cm³/mol. The Kier molecular flexibility index (Phi) is 6.08. The van der Waals surface area contributed by atoms with Gasteiger partial charge in [-0.3, -0.25) is 4.79 Å². The molecule has 6 heteroatoms. The predicted octanol–water partition coefficient (Wildman–Crippen LogP) is 1.60. The first-order valence-electron chi connectivity index (χ1n) is 6.91. The smallest absolute Gasteiger partial charge is 0.339 e. The molecule has 0 aromatic heterocycles. The van der Waals surface area contributed by atoms with E-state index in [0.717, 1.165) is 0 Å². The summed E-state index contributed by atoms with van der Waals surface area (Å²) in [6, 6.07) is 6.25. The zero-order valence-electron chi connectivity index (χ0n) is 13.2. The second-order valence-corrected chi connectivity index (χ2v) is 5.88. The molecule has 0 heterocycles. The molecule has 0 saturated carbocycles. The Labute approximate surface area is 129 Å². The van der Waals surface area contributed by atoms with Crippen molar-refractivity contribution in [2.75, 3.05) is 7.11 Å². The molecule has 22 heavy (non-hydrogen) atoms. The summed E-state index contributed by atoms with van der Waals surface area (Å²) in [5, 5.41) is 20.1. The van der Waals surface area contributed by atoms with Crippen molar-refractivity contribution in [3.63, 3.8) is 0 Å². The summed E-state index contributed by atoms with van der Waals surface area (Å²) >= 11 is 0. The molecule has 2 atom stereocenters. The van der Waals surface area contributed by atoms with Crippen LogP contribution >= 0.6 is 0 Å². The van der Waals surface area contributed by atoms with Crippen LogP contribution in [0.5, 0.6) is 0 Å². The van der Waals surface area contributed by atoms with Crippen molar-refractivity contribution in [1.29, 1.82) is 0 Å². The van der Waals surface area contributed by atoms with E-state index in [1.54, 1.807) is 32.9 Å². The molecule has 2 unspecified atom stereocenters. The number of methoxy groups -OCH3 is 1. The number of carbonyl (C=O) groups is 2. The third kappa shape index (κ3) is 5.13. The maximum Gasteiger partial charge on any atom is 0.339 e. The highest BCUT2D eigenvalue weighted by atomic mass is 16.6. The number of rotatable bonds is 5. The van der Waals surface area contributed by atoms with E-state index in [9.17, 15) is 19.8 Å². The zero-order chi connectivity index (χ0) is 16.9. The fraction of sp³-hybridized carbons (Fsp3) is 0.500. The fourth-order valence-corrected chi connectivity index (χ4v) is 1.85. The van der Waals surface area contributed by atoms with Gasteiger partial charge in [0, 0.05) is 0 Å². The van der Waals surface area contributed by atoms with Crippen molar-refractivity contribution in [1.82, 2.24) is 0 Å². The van der Waals surface area contributed by atoms with Crippen LogP contribution in [0.4, 0.5) is 0 Å². The van der Waals surface area contributed by atoms with Crippen LogP contribution in [0, 0.1) is 0 Å². The molecule has 0 saturated heterocycles. The number of ether oxygens (including phenoxy) is 2. The first-order chi connectivity index (χ1) is 10.2. The largest absolute Gasteiger partial charge is 0.469 e. The normalized spacial score (nSPS) is 14.1. The number of carbonyl (C=O) groups excluding carboxylic acids is 2. The fourth-order valence-electron chi connectivity index (χ4n) is 1.85. The average Bonchev–Trinajstić information content (AvgIpc) is 2.44. The number of hydrogen-bond donors (Lipinski definition) is 2. The number of benzene rings is 1. The first kappa shape index (κ1) is 18.1. The van der Waals surface area contributed by atoms with Crippen molar-refractivity contribution in [3.8, 4) is 0 Å². The van der Waals surface area contributed by atoms with Crippen LogP contribution in [0.15, 0.2) is 24.3 Å². The molecular weight excluding hydrogens is 288 g/mol. The van der Waals surface area contributed by atoms with Gasteiger partial charge < -0.3 is 19.7 Å². The van der Waals surface area contributed by atoms with Crippen molar-refractivity contribution in [2.24, 2.45) is 0 Å². The quantitative estimate of drug-likeness (QED) is 0.802. The van der Waals surface area contributed by atoms with Gasteiger partial charge in [0.2, 0.25) is 0 Å². The Morgan fingerprint density at radius 2 is 1.77 bits per heavy atom. The van der Waals surface area contributed by atoms with Gasteiger partial charge in [-0.2, -0.15) is 0 Å². The topological polar surface area (TPSA) is 93.1 Å². The molecule has 1 aromatic carbocycles. The van der Waals surface area contributed by atoms with E-state index in [-0.39, 0.29) is 17.5 Å². The summed E-state index contributed by atoms with van der Waals surface area (Å²) < 4.78 is 9.72. The molecule has 0 amide bonds. The Bertz CT molecular complexity index is 532. The maximum atomic E-state index is 12.2. The minimum Gasteiger partial charge on any atom is -0.469 e. The van der Waals surface area contributed by atoms with E-state index >= 15 is 0 Å². The highest BCUT2D eigenvalue weighted by Crippen LogP contribution is 2.25. The number of hydrogen-bond acceptors (Lipinski definition) is 6. The van der Waals surface area contributed by atoms with E-state index in [0.29, 0.717) is 0 Å². The van der Waals surface area contributed by atoms with E-state index in [2.05, 4.69) is 4.74 Å². The molecule has 122 valence electrons. The van der Waals surface area contributed by atoms with Gasteiger partial charge >= 0.3 is 11.9 Å². The molecule has 0 aliphatic heterocycles. The summed E-state index contributed by atoms with van der Waals surface area (Å²) in [7, 11) is 1.19. The molecule has 0 aliphatic rings. The SMILES string of the molecule is COC(=O)CC(O)C(O)c1ccccc1C(=O)OC(C)(C)C. The third-order valence-electron chi connectivity index (χ3n) is 2.87. The van der Waals surface area contributed by atoms with Gasteiger partial charge in [-0.15, -0.1) is 0 Å². The van der Waals surface area contributed by atoms with Crippen LogP contribution < -0.4 is 0 Å². The lowest BCUT2D eigenvalue weighted by molar-refractivity contribution is -0.144. The molecule has 0 fully saturated rings. The van der Waals surface area contributed by atoms with Gasteiger partial charge in [-0.05, 0) is 32.4 Å². The van der Waals surface area contributed by atoms with E-state index in [1.165, 1.54) is 19.2 Å².